The lowest BCUT2D eigenvalue weighted by Gasteiger charge is -2.29. The number of likely N-dealkylation sites (tertiary alicyclic amines) is 1. The number of carbonyl (C=O) groups excluding carboxylic acids is 1. The van der Waals surface area contributed by atoms with Crippen LogP contribution in [0.15, 0.2) is 48.5 Å². The number of benzene rings is 2. The largest absolute Gasteiger partial charge is 0.349 e. The normalized spacial score (nSPS) is 16.3. The molecule has 0 atom stereocenters. The number of hydrogen-bond donors (Lipinski definition) is 1. The molecule has 0 spiro atoms. The number of hydrogen-bond acceptors (Lipinski definition) is 2. The van der Waals surface area contributed by atoms with Gasteiger partial charge in [0.15, 0.2) is 0 Å². The Labute approximate surface area is 142 Å². The van der Waals surface area contributed by atoms with Gasteiger partial charge in [-0.05, 0) is 68.4 Å². The van der Waals surface area contributed by atoms with Gasteiger partial charge in [-0.3, -0.25) is 4.79 Å². The van der Waals surface area contributed by atoms with Crippen LogP contribution in [0.4, 0.5) is 0 Å². The van der Waals surface area contributed by atoms with Gasteiger partial charge in [-0.2, -0.15) is 0 Å². The monoisotopic (exact) mass is 328 g/mol. The van der Waals surface area contributed by atoms with Gasteiger partial charge in [0.05, 0.1) is 0 Å². The molecule has 3 nitrogen and oxygen atoms in total. The summed E-state index contributed by atoms with van der Waals surface area (Å²) in [4.78, 5) is 14.8. The van der Waals surface area contributed by atoms with Crippen molar-refractivity contribution in [2.75, 3.05) is 20.1 Å². The molecule has 0 bridgehead atoms. The highest BCUT2D eigenvalue weighted by Crippen LogP contribution is 2.22. The second-order valence-corrected chi connectivity index (χ2v) is 6.58. The zero-order valence-electron chi connectivity index (χ0n) is 13.3. The van der Waals surface area contributed by atoms with Gasteiger partial charge in [0.1, 0.15) is 0 Å². The lowest BCUT2D eigenvalue weighted by Crippen LogP contribution is -2.43. The van der Waals surface area contributed by atoms with Crippen molar-refractivity contribution in [3.63, 3.8) is 0 Å². The summed E-state index contributed by atoms with van der Waals surface area (Å²) < 4.78 is 0. The van der Waals surface area contributed by atoms with Crippen molar-refractivity contribution in [1.29, 1.82) is 0 Å². The van der Waals surface area contributed by atoms with Crippen LogP contribution in [0.5, 0.6) is 0 Å². The lowest BCUT2D eigenvalue weighted by atomic mass is 10.0. The lowest BCUT2D eigenvalue weighted by molar-refractivity contribution is 0.0917. The van der Waals surface area contributed by atoms with E-state index in [0.717, 1.165) is 37.1 Å². The third kappa shape index (κ3) is 4.12. The molecule has 1 heterocycles. The molecule has 1 aliphatic rings. The van der Waals surface area contributed by atoms with Gasteiger partial charge in [-0.15, -0.1) is 0 Å². The Morgan fingerprint density at radius 2 is 1.78 bits per heavy atom. The number of nitrogens with zero attached hydrogens (tertiary/aromatic N) is 1. The summed E-state index contributed by atoms with van der Waals surface area (Å²) >= 11 is 5.93. The summed E-state index contributed by atoms with van der Waals surface area (Å²) in [5, 5.41) is 3.87. The highest BCUT2D eigenvalue weighted by atomic mass is 35.5. The van der Waals surface area contributed by atoms with E-state index in [1.165, 1.54) is 0 Å². The fourth-order valence-corrected chi connectivity index (χ4v) is 3.03. The molecule has 0 saturated carbocycles. The molecule has 1 fully saturated rings. The van der Waals surface area contributed by atoms with Crippen LogP contribution in [0.2, 0.25) is 5.02 Å². The van der Waals surface area contributed by atoms with Gasteiger partial charge in [0.2, 0.25) is 0 Å². The number of halogens is 1. The number of piperidine rings is 1. The number of rotatable bonds is 3. The minimum atomic E-state index is 0.00960. The van der Waals surface area contributed by atoms with Crippen LogP contribution in [-0.2, 0) is 0 Å². The summed E-state index contributed by atoms with van der Waals surface area (Å²) in [5.74, 6) is 0.00960. The van der Waals surface area contributed by atoms with Crippen molar-refractivity contribution in [1.82, 2.24) is 10.2 Å². The van der Waals surface area contributed by atoms with Gasteiger partial charge in [-0.1, -0.05) is 35.9 Å². The van der Waals surface area contributed by atoms with E-state index in [-0.39, 0.29) is 11.9 Å². The Morgan fingerprint density at radius 3 is 2.48 bits per heavy atom. The predicted molar refractivity (Wildman–Crippen MR) is 94.9 cm³/mol. The first kappa shape index (κ1) is 16.0. The molecular weight excluding hydrogens is 308 g/mol. The maximum atomic E-state index is 12.5. The minimum absolute atomic E-state index is 0.00960. The topological polar surface area (TPSA) is 32.3 Å². The Balaban J connectivity index is 1.71. The van der Waals surface area contributed by atoms with E-state index >= 15 is 0 Å². The number of carbonyl (C=O) groups is 1. The zero-order chi connectivity index (χ0) is 16.2. The van der Waals surface area contributed by atoms with Gasteiger partial charge in [-0.25, -0.2) is 0 Å². The van der Waals surface area contributed by atoms with E-state index < -0.39 is 0 Å². The smallest absolute Gasteiger partial charge is 0.251 e. The molecule has 0 aliphatic carbocycles. The van der Waals surface area contributed by atoms with Crippen LogP contribution in [0, 0.1) is 0 Å². The van der Waals surface area contributed by atoms with Crippen molar-refractivity contribution in [2.45, 2.75) is 18.9 Å². The second-order valence-electron chi connectivity index (χ2n) is 6.14. The van der Waals surface area contributed by atoms with E-state index in [4.69, 9.17) is 11.6 Å². The second kappa shape index (κ2) is 7.16. The van der Waals surface area contributed by atoms with E-state index in [0.29, 0.717) is 10.6 Å². The molecule has 3 rings (SSSR count). The maximum absolute atomic E-state index is 12.5. The first-order valence-electron chi connectivity index (χ1n) is 7.97. The zero-order valence-corrected chi connectivity index (χ0v) is 14.0. The maximum Gasteiger partial charge on any atom is 0.251 e. The Kier molecular flexibility index (Phi) is 4.99. The Bertz CT molecular complexity index is 676. The number of nitrogens with one attached hydrogen (secondary N) is 1. The van der Waals surface area contributed by atoms with E-state index in [2.05, 4.69) is 17.3 Å². The van der Waals surface area contributed by atoms with E-state index in [1.54, 1.807) is 0 Å². The van der Waals surface area contributed by atoms with Gasteiger partial charge >= 0.3 is 0 Å². The molecular formula is C19H21ClN2O. The summed E-state index contributed by atoms with van der Waals surface area (Å²) in [6, 6.07) is 15.7. The molecule has 1 saturated heterocycles. The van der Waals surface area contributed by atoms with Crippen molar-refractivity contribution in [2.24, 2.45) is 0 Å². The average Bonchev–Trinajstić information content (AvgIpc) is 2.58. The molecule has 1 aliphatic heterocycles. The van der Waals surface area contributed by atoms with Gasteiger partial charge < -0.3 is 10.2 Å². The van der Waals surface area contributed by atoms with Crippen LogP contribution >= 0.6 is 11.6 Å². The molecule has 0 radical (unpaired) electrons. The van der Waals surface area contributed by atoms with Crippen LogP contribution < -0.4 is 5.32 Å². The van der Waals surface area contributed by atoms with Crippen molar-refractivity contribution in [3.05, 3.63) is 59.1 Å². The highest BCUT2D eigenvalue weighted by molar-refractivity contribution is 6.30. The first-order valence-corrected chi connectivity index (χ1v) is 8.35. The average molecular weight is 329 g/mol. The summed E-state index contributed by atoms with van der Waals surface area (Å²) in [7, 11) is 2.12. The predicted octanol–water partition coefficient (Wildman–Crippen LogP) is 3.83. The fraction of sp³-hybridized carbons (Fsp3) is 0.316. The molecule has 4 heteroatoms. The highest BCUT2D eigenvalue weighted by Gasteiger charge is 2.19. The fourth-order valence-electron chi connectivity index (χ4n) is 2.90. The molecule has 23 heavy (non-hydrogen) atoms. The molecule has 2 aromatic rings. The Hall–Kier alpha value is -1.84. The Morgan fingerprint density at radius 1 is 1.09 bits per heavy atom. The van der Waals surface area contributed by atoms with E-state index in [9.17, 15) is 4.79 Å². The molecule has 0 aromatic heterocycles. The van der Waals surface area contributed by atoms with Gasteiger partial charge in [0, 0.05) is 16.6 Å². The van der Waals surface area contributed by atoms with Crippen LogP contribution in [-0.4, -0.2) is 37.0 Å². The molecule has 0 unspecified atom stereocenters. The van der Waals surface area contributed by atoms with Gasteiger partial charge in [0.25, 0.3) is 5.91 Å². The summed E-state index contributed by atoms with van der Waals surface area (Å²) in [5.41, 5.74) is 2.79. The third-order valence-electron chi connectivity index (χ3n) is 4.36. The molecule has 2 aromatic carbocycles. The minimum Gasteiger partial charge on any atom is -0.349 e. The standard InChI is InChI=1S/C19H21ClN2O/c1-22-11-9-18(10-12-22)21-19(23)16-4-2-3-15(13-16)14-5-7-17(20)8-6-14/h2-8,13,18H,9-12H2,1H3,(H,21,23). The van der Waals surface area contributed by atoms with Crippen molar-refractivity contribution < 1.29 is 4.79 Å². The van der Waals surface area contributed by atoms with E-state index in [1.807, 2.05) is 48.5 Å². The van der Waals surface area contributed by atoms with Crippen LogP contribution in [0.3, 0.4) is 0 Å². The quantitative estimate of drug-likeness (QED) is 0.928. The third-order valence-corrected chi connectivity index (χ3v) is 4.61. The van der Waals surface area contributed by atoms with Crippen LogP contribution in [0.25, 0.3) is 11.1 Å². The summed E-state index contributed by atoms with van der Waals surface area (Å²) in [6.45, 7) is 2.07. The number of amides is 1. The first-order chi connectivity index (χ1) is 11.1. The summed E-state index contributed by atoms with van der Waals surface area (Å²) in [6.07, 6.45) is 2.03. The van der Waals surface area contributed by atoms with Crippen molar-refractivity contribution in [3.8, 4) is 11.1 Å². The molecule has 1 N–H and O–H groups in total. The molecule has 1 amide bonds. The van der Waals surface area contributed by atoms with Crippen molar-refractivity contribution >= 4 is 17.5 Å². The SMILES string of the molecule is CN1CCC(NC(=O)c2cccc(-c3ccc(Cl)cc3)c2)CC1. The van der Waals surface area contributed by atoms with Crippen LogP contribution in [0.1, 0.15) is 23.2 Å². The molecule has 120 valence electrons.